The van der Waals surface area contributed by atoms with Gasteiger partial charge in [-0.1, -0.05) is 49.1 Å². The van der Waals surface area contributed by atoms with E-state index in [1.807, 2.05) is 0 Å². The van der Waals surface area contributed by atoms with Crippen LogP contribution in [-0.2, 0) is 29.3 Å². The molecule has 8 nitrogen and oxygen atoms in total. The molecule has 0 aliphatic carbocycles. The predicted octanol–water partition coefficient (Wildman–Crippen LogP) is 7.59. The standard InChI is InChI=1S/C32H42ClF2N3O5SSi/c1-30(2,3)43-27(39)26(42-14-15-45(7,8)9)37-29-38-31(4,19-32(5,44-29)28(40)41-6)22-16-20(10-12-23(22)34)17-24(35)25-13-11-21(33)18-36-25/h10-13,16-18,26H,14-15,19H2,1-9H3,(H,37,38)/b24-17-/t26-,31-,32-/m0/s1. The van der Waals surface area contributed by atoms with Crippen molar-refractivity contribution in [1.82, 2.24) is 10.3 Å². The van der Waals surface area contributed by atoms with E-state index in [-0.39, 0.29) is 29.5 Å². The lowest BCUT2D eigenvalue weighted by molar-refractivity contribution is -0.167. The number of aliphatic imine (C=N–C) groups is 1. The number of carbonyl (C=O) groups excluding carboxylic acids is 2. The van der Waals surface area contributed by atoms with Crippen molar-refractivity contribution >= 4 is 60.4 Å². The third-order valence-electron chi connectivity index (χ3n) is 6.83. The van der Waals surface area contributed by atoms with Gasteiger partial charge in [-0.05, 0) is 83.0 Å². The molecule has 0 unspecified atom stereocenters. The number of hydrogen-bond acceptors (Lipinski definition) is 8. The molecule has 45 heavy (non-hydrogen) atoms. The van der Waals surface area contributed by atoms with Gasteiger partial charge in [0.2, 0.25) is 6.23 Å². The van der Waals surface area contributed by atoms with Crippen molar-refractivity contribution in [2.75, 3.05) is 13.7 Å². The minimum atomic E-state index is -1.51. The second kappa shape index (κ2) is 14.3. The quantitative estimate of drug-likeness (QED) is 0.202. The van der Waals surface area contributed by atoms with Crippen LogP contribution in [0.4, 0.5) is 8.78 Å². The highest BCUT2D eigenvalue weighted by Gasteiger charge is 2.50. The molecular formula is C32H42ClF2N3O5SSi. The number of hydrogen-bond donors (Lipinski definition) is 1. The first-order valence-electron chi connectivity index (χ1n) is 14.5. The van der Waals surface area contributed by atoms with Gasteiger partial charge in [0.05, 0.1) is 23.4 Å². The number of nitrogens with zero attached hydrogens (tertiary/aromatic N) is 2. The Bertz CT molecular complexity index is 1460. The number of carbonyl (C=O) groups is 2. The number of esters is 2. The molecule has 13 heteroatoms. The minimum absolute atomic E-state index is 0.0682. The zero-order valence-corrected chi connectivity index (χ0v) is 29.8. The first-order valence-corrected chi connectivity index (χ1v) is 19.4. The molecule has 1 aromatic heterocycles. The van der Waals surface area contributed by atoms with Crippen LogP contribution in [0, 0.1) is 5.82 Å². The molecule has 1 aliphatic heterocycles. The Morgan fingerprint density at radius 1 is 1.22 bits per heavy atom. The normalized spacial score (nSPS) is 22.5. The van der Waals surface area contributed by atoms with Crippen LogP contribution in [0.15, 0.2) is 41.5 Å². The van der Waals surface area contributed by atoms with Crippen LogP contribution in [0.25, 0.3) is 11.9 Å². The Morgan fingerprint density at radius 3 is 2.49 bits per heavy atom. The molecule has 3 rings (SSSR count). The number of aromatic nitrogens is 1. The highest BCUT2D eigenvalue weighted by Crippen LogP contribution is 2.45. The highest BCUT2D eigenvalue weighted by molar-refractivity contribution is 8.15. The SMILES string of the molecule is COC(=O)[C@]1(C)C[C@@](C)(c2cc(/C=C(\F)c3ccc(Cl)cn3)ccc2F)N/C(=N/[C@@H](OCC[Si](C)(C)C)C(=O)OC(C)(C)C)S1. The van der Waals surface area contributed by atoms with Gasteiger partial charge in [-0.15, -0.1) is 0 Å². The molecule has 3 atom stereocenters. The summed E-state index contributed by atoms with van der Waals surface area (Å²) < 4.78 is 46.1. The Morgan fingerprint density at radius 2 is 1.91 bits per heavy atom. The Labute approximate surface area is 274 Å². The fourth-order valence-corrected chi connectivity index (χ4v) is 6.89. The summed E-state index contributed by atoms with van der Waals surface area (Å²) in [7, 11) is -0.236. The number of ether oxygens (including phenoxy) is 3. The molecule has 0 spiro atoms. The van der Waals surface area contributed by atoms with Crippen LogP contribution in [0.2, 0.25) is 30.7 Å². The van der Waals surface area contributed by atoms with Crippen LogP contribution in [-0.4, -0.2) is 60.5 Å². The van der Waals surface area contributed by atoms with Crippen molar-refractivity contribution in [3.63, 3.8) is 0 Å². The molecule has 0 radical (unpaired) electrons. The fraction of sp³-hybridized carbons (Fsp3) is 0.500. The lowest BCUT2D eigenvalue weighted by atomic mass is 9.81. The number of pyridine rings is 1. The van der Waals surface area contributed by atoms with Crippen LogP contribution in [0.3, 0.4) is 0 Å². The highest BCUT2D eigenvalue weighted by atomic mass is 35.5. The zero-order chi connectivity index (χ0) is 33.8. The van der Waals surface area contributed by atoms with Gasteiger partial charge in [-0.25, -0.2) is 18.6 Å². The van der Waals surface area contributed by atoms with Crippen LogP contribution in [0.1, 0.15) is 57.9 Å². The average Bonchev–Trinajstić information content (AvgIpc) is 2.91. The lowest BCUT2D eigenvalue weighted by Gasteiger charge is -2.44. The van der Waals surface area contributed by atoms with Crippen LogP contribution < -0.4 is 5.32 Å². The van der Waals surface area contributed by atoms with Crippen molar-refractivity contribution in [2.24, 2.45) is 4.99 Å². The summed E-state index contributed by atoms with van der Waals surface area (Å²) in [6, 6.07) is 7.91. The van der Waals surface area contributed by atoms with Crippen molar-refractivity contribution in [3.05, 3.63) is 64.2 Å². The molecule has 0 bridgehead atoms. The second-order valence-corrected chi connectivity index (χ2v) is 21.1. The number of methoxy groups -OCH3 is 1. The Hall–Kier alpha value is -2.80. The van der Waals surface area contributed by atoms with Crippen molar-refractivity contribution < 1.29 is 32.6 Å². The number of nitrogens with one attached hydrogen (secondary N) is 1. The monoisotopic (exact) mass is 681 g/mol. The van der Waals surface area contributed by atoms with Gasteiger partial charge in [-0.2, -0.15) is 0 Å². The summed E-state index contributed by atoms with van der Waals surface area (Å²) in [5.74, 6) is -2.47. The zero-order valence-electron chi connectivity index (χ0n) is 27.2. The summed E-state index contributed by atoms with van der Waals surface area (Å²) in [5, 5.41) is 3.77. The van der Waals surface area contributed by atoms with E-state index in [9.17, 15) is 9.59 Å². The number of halogens is 3. The summed E-state index contributed by atoms with van der Waals surface area (Å²) >= 11 is 6.93. The topological polar surface area (TPSA) is 99.1 Å². The van der Waals surface area contributed by atoms with Gasteiger partial charge in [0, 0.05) is 26.4 Å². The molecule has 2 heterocycles. The lowest BCUT2D eigenvalue weighted by Crippen LogP contribution is -2.56. The van der Waals surface area contributed by atoms with E-state index >= 15 is 8.78 Å². The number of benzene rings is 1. The van der Waals surface area contributed by atoms with Crippen LogP contribution in [0.5, 0.6) is 0 Å². The smallest absolute Gasteiger partial charge is 0.359 e. The van der Waals surface area contributed by atoms with Crippen LogP contribution >= 0.6 is 23.4 Å². The molecule has 246 valence electrons. The van der Waals surface area contributed by atoms with E-state index in [2.05, 4.69) is 34.9 Å². The molecule has 2 aromatic rings. The van der Waals surface area contributed by atoms with E-state index < -0.39 is 53.8 Å². The van der Waals surface area contributed by atoms with Gasteiger partial charge >= 0.3 is 11.9 Å². The van der Waals surface area contributed by atoms with E-state index in [1.54, 1.807) is 34.6 Å². The van der Waals surface area contributed by atoms with Gasteiger partial charge in [0.15, 0.2) is 5.17 Å². The Kier molecular flexibility index (Phi) is 11.7. The summed E-state index contributed by atoms with van der Waals surface area (Å²) in [6.45, 7) is 15.4. The van der Waals surface area contributed by atoms with Gasteiger partial charge in [0.25, 0.3) is 0 Å². The predicted molar refractivity (Wildman–Crippen MR) is 179 cm³/mol. The maximum absolute atomic E-state index is 15.6. The van der Waals surface area contributed by atoms with Gasteiger partial charge in [0.1, 0.15) is 22.0 Å². The maximum atomic E-state index is 15.6. The van der Waals surface area contributed by atoms with E-state index in [1.165, 1.54) is 49.7 Å². The minimum Gasteiger partial charge on any atom is -0.468 e. The molecule has 1 fully saturated rings. The average molecular weight is 682 g/mol. The summed E-state index contributed by atoms with van der Waals surface area (Å²) in [6.07, 6.45) is 1.31. The molecule has 1 aliphatic rings. The summed E-state index contributed by atoms with van der Waals surface area (Å²) in [4.78, 5) is 34.9. The van der Waals surface area contributed by atoms with Gasteiger partial charge < -0.3 is 19.5 Å². The van der Waals surface area contributed by atoms with Gasteiger partial charge in [-0.3, -0.25) is 9.78 Å². The number of amidine groups is 1. The summed E-state index contributed by atoms with van der Waals surface area (Å²) in [5.41, 5.74) is -1.45. The van der Waals surface area contributed by atoms with Crippen molar-refractivity contribution in [1.29, 1.82) is 0 Å². The van der Waals surface area contributed by atoms with E-state index in [0.717, 1.165) is 17.8 Å². The molecular weight excluding hydrogens is 640 g/mol. The van der Waals surface area contributed by atoms with E-state index in [0.29, 0.717) is 10.6 Å². The number of rotatable bonds is 10. The van der Waals surface area contributed by atoms with Crippen molar-refractivity contribution in [3.8, 4) is 0 Å². The fourth-order valence-electron chi connectivity index (χ4n) is 4.67. The third-order valence-corrected chi connectivity index (χ3v) is 9.92. The number of thioether (sulfide) groups is 1. The second-order valence-electron chi connectivity index (χ2n) is 13.6. The first kappa shape index (κ1) is 36.7. The van der Waals surface area contributed by atoms with Crippen molar-refractivity contribution in [2.45, 2.75) is 88.8 Å². The Balaban J connectivity index is 2.07. The largest absolute Gasteiger partial charge is 0.468 e. The third kappa shape index (κ3) is 10.4. The first-order chi connectivity index (χ1) is 20.7. The molecule has 1 saturated heterocycles. The molecule has 0 amide bonds. The molecule has 1 N–H and O–H groups in total. The van der Waals surface area contributed by atoms with E-state index in [4.69, 9.17) is 25.8 Å². The molecule has 0 saturated carbocycles. The maximum Gasteiger partial charge on any atom is 0.359 e. The molecule has 1 aromatic carbocycles.